The molecule has 2 aliphatic heterocycles. The minimum Gasteiger partial charge on any atom is -0.481 e. The van der Waals surface area contributed by atoms with E-state index in [9.17, 15) is 19.5 Å². The molecule has 3 rings (SSSR count). The number of hydrogen-bond acceptors (Lipinski definition) is 4. The van der Waals surface area contributed by atoms with Gasteiger partial charge in [-0.1, -0.05) is 19.3 Å². The third kappa shape index (κ3) is 6.59. The number of carboxylic acid groups (broad SMARTS) is 2. The van der Waals surface area contributed by atoms with Crippen molar-refractivity contribution in [1.29, 1.82) is 0 Å². The minimum absolute atomic E-state index is 0.00273. The number of piperidine rings is 2. The van der Waals surface area contributed by atoms with E-state index >= 15 is 0 Å². The molecule has 0 spiro atoms. The van der Waals surface area contributed by atoms with Gasteiger partial charge in [0.25, 0.3) is 0 Å². The van der Waals surface area contributed by atoms with Crippen LogP contribution in [0.3, 0.4) is 0 Å². The van der Waals surface area contributed by atoms with Crippen molar-refractivity contribution in [3.05, 3.63) is 0 Å². The lowest BCUT2D eigenvalue weighted by atomic mass is 9.81. The van der Waals surface area contributed by atoms with Crippen molar-refractivity contribution in [2.75, 3.05) is 32.7 Å². The van der Waals surface area contributed by atoms with Gasteiger partial charge in [0, 0.05) is 25.6 Å². The van der Waals surface area contributed by atoms with Crippen LogP contribution in [0.2, 0.25) is 0 Å². The first kappa shape index (κ1) is 22.8. The van der Waals surface area contributed by atoms with Crippen LogP contribution in [0.25, 0.3) is 0 Å². The number of carbonyl (C=O) groups excluding carboxylic acids is 1. The number of aliphatic carboxylic acids is 2. The smallest absolute Gasteiger partial charge is 0.317 e. The zero-order valence-electron chi connectivity index (χ0n) is 17.9. The van der Waals surface area contributed by atoms with Gasteiger partial charge in [-0.15, -0.1) is 0 Å². The van der Waals surface area contributed by atoms with Crippen LogP contribution in [-0.2, 0) is 9.59 Å². The first-order valence-corrected chi connectivity index (χ1v) is 11.6. The van der Waals surface area contributed by atoms with Gasteiger partial charge in [0.05, 0.1) is 5.92 Å². The molecule has 8 nitrogen and oxygen atoms in total. The molecule has 3 N–H and O–H groups in total. The number of nitrogens with zero attached hydrogens (tertiary/aromatic N) is 2. The molecule has 2 saturated heterocycles. The molecule has 1 aliphatic carbocycles. The van der Waals surface area contributed by atoms with Crippen molar-refractivity contribution >= 4 is 18.0 Å². The molecule has 0 radical (unpaired) electrons. The fourth-order valence-corrected chi connectivity index (χ4v) is 5.35. The van der Waals surface area contributed by atoms with Gasteiger partial charge in [0.15, 0.2) is 0 Å². The van der Waals surface area contributed by atoms with Crippen molar-refractivity contribution < 1.29 is 24.6 Å². The molecule has 2 heterocycles. The van der Waals surface area contributed by atoms with Crippen LogP contribution in [0, 0.1) is 17.8 Å². The van der Waals surface area contributed by atoms with Crippen LogP contribution in [0.1, 0.15) is 64.2 Å². The van der Waals surface area contributed by atoms with E-state index in [1.165, 1.54) is 19.3 Å². The lowest BCUT2D eigenvalue weighted by Gasteiger charge is -2.40. The Kier molecular flexibility index (Phi) is 8.36. The van der Waals surface area contributed by atoms with Crippen LogP contribution in [0.4, 0.5) is 4.79 Å². The molecular formula is C22H37N3O5. The van der Waals surface area contributed by atoms with E-state index in [0.29, 0.717) is 25.9 Å². The summed E-state index contributed by atoms with van der Waals surface area (Å²) in [5, 5.41) is 21.7. The molecule has 8 heteroatoms. The van der Waals surface area contributed by atoms with E-state index in [-0.39, 0.29) is 36.2 Å². The first-order valence-electron chi connectivity index (χ1n) is 11.6. The summed E-state index contributed by atoms with van der Waals surface area (Å²) < 4.78 is 0. The summed E-state index contributed by atoms with van der Waals surface area (Å²) in [6, 6.07) is 0.278. The van der Waals surface area contributed by atoms with E-state index in [1.807, 2.05) is 4.90 Å². The molecule has 3 fully saturated rings. The average Bonchev–Trinajstić information content (AvgIpc) is 2.73. The van der Waals surface area contributed by atoms with E-state index in [1.54, 1.807) is 0 Å². The number of rotatable bonds is 7. The number of carbonyl (C=O) groups is 3. The number of urea groups is 1. The Morgan fingerprint density at radius 3 is 2.20 bits per heavy atom. The average molecular weight is 424 g/mol. The number of carboxylic acids is 2. The van der Waals surface area contributed by atoms with Crippen molar-refractivity contribution in [3.8, 4) is 0 Å². The van der Waals surface area contributed by atoms with E-state index in [4.69, 9.17) is 5.11 Å². The maximum absolute atomic E-state index is 12.8. The zero-order valence-corrected chi connectivity index (χ0v) is 17.9. The summed E-state index contributed by atoms with van der Waals surface area (Å²) in [7, 11) is 0. The Morgan fingerprint density at radius 2 is 1.57 bits per heavy atom. The first-order chi connectivity index (χ1) is 14.4. The molecular weight excluding hydrogens is 386 g/mol. The van der Waals surface area contributed by atoms with E-state index < -0.39 is 11.9 Å². The Hall–Kier alpha value is -1.83. The molecule has 3 aliphatic rings. The second-order valence-electron chi connectivity index (χ2n) is 9.38. The van der Waals surface area contributed by atoms with Gasteiger partial charge in [-0.05, 0) is 70.0 Å². The van der Waals surface area contributed by atoms with Crippen LogP contribution in [-0.4, -0.2) is 76.7 Å². The summed E-state index contributed by atoms with van der Waals surface area (Å²) in [4.78, 5) is 39.4. The van der Waals surface area contributed by atoms with Gasteiger partial charge in [0.2, 0.25) is 0 Å². The van der Waals surface area contributed by atoms with Crippen molar-refractivity contribution in [2.24, 2.45) is 17.8 Å². The number of amides is 2. The topological polar surface area (TPSA) is 110 Å². The van der Waals surface area contributed by atoms with Gasteiger partial charge < -0.3 is 25.3 Å². The summed E-state index contributed by atoms with van der Waals surface area (Å²) in [6.07, 6.45) is 8.79. The molecule has 0 aromatic rings. The third-order valence-corrected chi connectivity index (χ3v) is 7.30. The summed E-state index contributed by atoms with van der Waals surface area (Å²) in [5.74, 6) is -1.45. The van der Waals surface area contributed by atoms with Crippen LogP contribution in [0.15, 0.2) is 0 Å². The maximum Gasteiger partial charge on any atom is 0.317 e. The standard InChI is InChI=1S/C22H37N3O5/c26-20(27)14-17-9-13-25(22(30)23-19-4-2-1-3-5-19)15-18(17)8-12-24-10-6-16(7-11-24)21(28)29/h16-19H,1-15H2,(H,23,30)(H,26,27)(H,28,29). The second kappa shape index (κ2) is 11.0. The largest absolute Gasteiger partial charge is 0.481 e. The lowest BCUT2D eigenvalue weighted by molar-refractivity contribution is -0.143. The highest BCUT2D eigenvalue weighted by atomic mass is 16.4. The molecule has 170 valence electrons. The van der Waals surface area contributed by atoms with Crippen LogP contribution in [0.5, 0.6) is 0 Å². The van der Waals surface area contributed by atoms with Gasteiger partial charge in [-0.2, -0.15) is 0 Å². The fraction of sp³-hybridized carbons (Fsp3) is 0.864. The summed E-state index contributed by atoms with van der Waals surface area (Å²) in [5.41, 5.74) is 0. The van der Waals surface area contributed by atoms with Crippen molar-refractivity contribution in [3.63, 3.8) is 0 Å². The van der Waals surface area contributed by atoms with Gasteiger partial charge >= 0.3 is 18.0 Å². The number of hydrogen-bond donors (Lipinski definition) is 3. The number of nitrogens with one attached hydrogen (secondary N) is 1. The van der Waals surface area contributed by atoms with Crippen molar-refractivity contribution in [1.82, 2.24) is 15.1 Å². The second-order valence-corrected chi connectivity index (χ2v) is 9.38. The van der Waals surface area contributed by atoms with Gasteiger partial charge in [-0.25, -0.2) is 4.79 Å². The Morgan fingerprint density at radius 1 is 0.867 bits per heavy atom. The summed E-state index contributed by atoms with van der Waals surface area (Å²) in [6.45, 7) is 3.63. The van der Waals surface area contributed by atoms with E-state index in [2.05, 4.69) is 10.2 Å². The minimum atomic E-state index is -0.771. The Bertz CT molecular complexity index is 600. The fourth-order valence-electron chi connectivity index (χ4n) is 5.35. The van der Waals surface area contributed by atoms with Crippen LogP contribution >= 0.6 is 0 Å². The lowest BCUT2D eigenvalue weighted by Crippen LogP contribution is -2.51. The Balaban J connectivity index is 1.51. The molecule has 1 saturated carbocycles. The Labute approximate surface area is 179 Å². The quantitative estimate of drug-likeness (QED) is 0.581. The normalized spacial score (nSPS) is 27.0. The predicted octanol–water partition coefficient (Wildman–Crippen LogP) is 2.63. The number of likely N-dealkylation sites (tertiary alicyclic amines) is 2. The van der Waals surface area contributed by atoms with E-state index in [0.717, 1.165) is 45.3 Å². The molecule has 0 bridgehead atoms. The van der Waals surface area contributed by atoms with Gasteiger partial charge in [-0.3, -0.25) is 9.59 Å². The van der Waals surface area contributed by atoms with Gasteiger partial charge in [0.1, 0.15) is 0 Å². The molecule has 0 aromatic heterocycles. The third-order valence-electron chi connectivity index (χ3n) is 7.30. The highest BCUT2D eigenvalue weighted by Crippen LogP contribution is 2.30. The monoisotopic (exact) mass is 423 g/mol. The SMILES string of the molecule is O=C(O)CC1CCN(C(=O)NC2CCCCC2)CC1CCN1CCC(C(=O)O)CC1. The molecule has 0 aromatic carbocycles. The highest BCUT2D eigenvalue weighted by molar-refractivity contribution is 5.74. The highest BCUT2D eigenvalue weighted by Gasteiger charge is 2.34. The molecule has 2 atom stereocenters. The van der Waals surface area contributed by atoms with Crippen LogP contribution < -0.4 is 5.32 Å². The maximum atomic E-state index is 12.8. The predicted molar refractivity (Wildman–Crippen MR) is 112 cm³/mol. The zero-order chi connectivity index (χ0) is 21.5. The molecule has 2 amide bonds. The molecule has 2 unspecified atom stereocenters. The van der Waals surface area contributed by atoms with Crippen molar-refractivity contribution in [2.45, 2.75) is 70.3 Å². The summed E-state index contributed by atoms with van der Waals surface area (Å²) >= 11 is 0. The molecule has 30 heavy (non-hydrogen) atoms.